The Labute approximate surface area is 157 Å². The topological polar surface area (TPSA) is 77.8 Å². The van der Waals surface area contributed by atoms with E-state index in [9.17, 15) is 15.0 Å². The van der Waals surface area contributed by atoms with Crippen LogP contribution in [0.2, 0.25) is 0 Å². The minimum absolute atomic E-state index is 0.229. The van der Waals surface area contributed by atoms with Crippen LogP contribution >= 0.6 is 0 Å². The van der Waals surface area contributed by atoms with E-state index in [1.54, 1.807) is 18.2 Å². The van der Waals surface area contributed by atoms with Gasteiger partial charge in [-0.25, -0.2) is 4.79 Å². The molecule has 0 rings (SSSR count). The summed E-state index contributed by atoms with van der Waals surface area (Å²) in [6.07, 6.45) is 23.8. The molecule has 0 radical (unpaired) electrons. The highest BCUT2D eigenvalue weighted by molar-refractivity contribution is 5.80. The Morgan fingerprint density at radius 1 is 0.769 bits per heavy atom. The number of hydrogen-bond acceptors (Lipinski definition) is 3. The first-order valence-electron chi connectivity index (χ1n) is 9.48. The van der Waals surface area contributed by atoms with Gasteiger partial charge in [-0.05, 0) is 32.1 Å². The van der Waals surface area contributed by atoms with Crippen molar-refractivity contribution in [2.45, 2.75) is 70.5 Å². The Morgan fingerprint density at radius 2 is 1.31 bits per heavy atom. The largest absolute Gasteiger partial charge is 0.478 e. The molecule has 0 saturated heterocycles. The van der Waals surface area contributed by atoms with Crippen LogP contribution in [0.25, 0.3) is 0 Å². The summed E-state index contributed by atoms with van der Waals surface area (Å²) in [7, 11) is 0. The number of unbranched alkanes of at least 4 members (excludes halogenated alkanes) is 2. The maximum absolute atomic E-state index is 10.2. The number of carboxylic acids is 1. The van der Waals surface area contributed by atoms with Crippen molar-refractivity contribution in [3.8, 4) is 0 Å². The SMILES string of the molecule is CCCCCC(O)CCCC(O)C/C=C/C=C/C=C/C=C/C=C/C(=O)O. The van der Waals surface area contributed by atoms with Gasteiger partial charge < -0.3 is 15.3 Å². The molecule has 0 heterocycles. The number of aliphatic carboxylic acids is 1. The fourth-order valence-corrected chi connectivity index (χ4v) is 2.32. The fourth-order valence-electron chi connectivity index (χ4n) is 2.32. The highest BCUT2D eigenvalue weighted by atomic mass is 16.4. The van der Waals surface area contributed by atoms with Gasteiger partial charge in [0, 0.05) is 6.08 Å². The van der Waals surface area contributed by atoms with Crippen molar-refractivity contribution in [1.29, 1.82) is 0 Å². The molecular weight excluding hydrogens is 328 g/mol. The number of carboxylic acid groups (broad SMARTS) is 1. The predicted octanol–water partition coefficient (Wildman–Crippen LogP) is 4.71. The molecule has 0 fully saturated rings. The molecule has 0 saturated carbocycles. The summed E-state index contributed by atoms with van der Waals surface area (Å²) in [5, 5.41) is 28.1. The van der Waals surface area contributed by atoms with E-state index in [1.165, 1.54) is 18.9 Å². The lowest BCUT2D eigenvalue weighted by Crippen LogP contribution is -2.10. The third-order valence-electron chi connectivity index (χ3n) is 3.78. The number of aliphatic hydroxyl groups is 2. The fraction of sp³-hybridized carbons (Fsp3) is 0.500. The van der Waals surface area contributed by atoms with Crippen LogP contribution in [0.5, 0.6) is 0 Å². The summed E-state index contributed by atoms with van der Waals surface area (Å²) in [6, 6.07) is 0. The van der Waals surface area contributed by atoms with Crippen LogP contribution in [0.15, 0.2) is 60.8 Å². The predicted molar refractivity (Wildman–Crippen MR) is 108 cm³/mol. The quantitative estimate of drug-likeness (QED) is 0.224. The zero-order valence-corrected chi connectivity index (χ0v) is 15.8. The summed E-state index contributed by atoms with van der Waals surface area (Å²) < 4.78 is 0. The molecule has 26 heavy (non-hydrogen) atoms. The first-order chi connectivity index (χ1) is 12.6. The molecule has 0 aromatic heterocycles. The molecule has 0 bridgehead atoms. The standard InChI is InChI=1S/C22H34O4/c1-2-3-11-15-20(23)17-14-18-21(24)16-12-9-7-5-4-6-8-10-13-19-22(25)26/h4-10,12-13,19-21,23-24H,2-3,11,14-18H2,1H3,(H,25,26)/b6-4+,7-5+,10-8+,12-9+,19-13+. The first kappa shape index (κ1) is 24.1. The minimum Gasteiger partial charge on any atom is -0.478 e. The van der Waals surface area contributed by atoms with E-state index in [0.717, 1.165) is 31.8 Å². The van der Waals surface area contributed by atoms with E-state index in [2.05, 4.69) is 6.92 Å². The number of rotatable bonds is 15. The second kappa shape index (κ2) is 17.9. The van der Waals surface area contributed by atoms with Crippen molar-refractivity contribution >= 4 is 5.97 Å². The van der Waals surface area contributed by atoms with E-state index in [0.29, 0.717) is 12.8 Å². The highest BCUT2D eigenvalue weighted by Gasteiger charge is 2.06. The normalized spacial score (nSPS) is 15.2. The van der Waals surface area contributed by atoms with Gasteiger partial charge in [-0.15, -0.1) is 0 Å². The van der Waals surface area contributed by atoms with Crippen LogP contribution in [0.3, 0.4) is 0 Å². The average molecular weight is 363 g/mol. The first-order valence-corrected chi connectivity index (χ1v) is 9.48. The van der Waals surface area contributed by atoms with Gasteiger partial charge in [-0.3, -0.25) is 0 Å². The van der Waals surface area contributed by atoms with Gasteiger partial charge in [0.15, 0.2) is 0 Å². The second-order valence-corrected chi connectivity index (χ2v) is 6.25. The molecule has 0 aromatic rings. The molecule has 2 atom stereocenters. The maximum Gasteiger partial charge on any atom is 0.328 e. The van der Waals surface area contributed by atoms with E-state index < -0.39 is 5.97 Å². The molecule has 4 heteroatoms. The molecule has 0 amide bonds. The number of hydrogen-bond donors (Lipinski definition) is 3. The monoisotopic (exact) mass is 362 g/mol. The summed E-state index contributed by atoms with van der Waals surface area (Å²) in [6.45, 7) is 2.15. The summed E-state index contributed by atoms with van der Waals surface area (Å²) >= 11 is 0. The molecule has 0 aliphatic carbocycles. The number of carbonyl (C=O) groups is 1. The van der Waals surface area contributed by atoms with Crippen LogP contribution in [-0.2, 0) is 4.79 Å². The zero-order chi connectivity index (χ0) is 19.5. The smallest absolute Gasteiger partial charge is 0.328 e. The van der Waals surface area contributed by atoms with Crippen LogP contribution in [-0.4, -0.2) is 33.5 Å². The zero-order valence-electron chi connectivity index (χ0n) is 15.8. The van der Waals surface area contributed by atoms with E-state index >= 15 is 0 Å². The van der Waals surface area contributed by atoms with Crippen molar-refractivity contribution in [3.63, 3.8) is 0 Å². The molecule has 0 aliphatic rings. The Balaban J connectivity index is 3.75. The lowest BCUT2D eigenvalue weighted by molar-refractivity contribution is -0.131. The van der Waals surface area contributed by atoms with Gasteiger partial charge in [0.25, 0.3) is 0 Å². The lowest BCUT2D eigenvalue weighted by atomic mass is 10.0. The third-order valence-corrected chi connectivity index (χ3v) is 3.78. The Kier molecular flexibility index (Phi) is 16.6. The van der Waals surface area contributed by atoms with Crippen molar-refractivity contribution in [2.24, 2.45) is 0 Å². The van der Waals surface area contributed by atoms with Crippen molar-refractivity contribution in [2.75, 3.05) is 0 Å². The van der Waals surface area contributed by atoms with E-state index in [1.807, 2.05) is 30.4 Å². The Bertz CT molecular complexity index is 486. The highest BCUT2D eigenvalue weighted by Crippen LogP contribution is 2.12. The summed E-state index contributed by atoms with van der Waals surface area (Å²) in [5.41, 5.74) is 0. The minimum atomic E-state index is -0.964. The van der Waals surface area contributed by atoms with Gasteiger partial charge in [0.05, 0.1) is 12.2 Å². The molecule has 0 spiro atoms. The van der Waals surface area contributed by atoms with Gasteiger partial charge in [-0.1, -0.05) is 80.9 Å². The van der Waals surface area contributed by atoms with Gasteiger partial charge in [0.1, 0.15) is 0 Å². The molecule has 2 unspecified atom stereocenters. The Hall–Kier alpha value is -1.91. The average Bonchev–Trinajstić information content (AvgIpc) is 2.59. The lowest BCUT2D eigenvalue weighted by Gasteiger charge is -2.12. The molecule has 3 N–H and O–H groups in total. The molecular formula is C22H34O4. The molecule has 0 aliphatic heterocycles. The number of allylic oxidation sites excluding steroid dienone is 8. The van der Waals surface area contributed by atoms with Gasteiger partial charge >= 0.3 is 5.97 Å². The van der Waals surface area contributed by atoms with Crippen LogP contribution < -0.4 is 0 Å². The maximum atomic E-state index is 10.2. The molecule has 146 valence electrons. The second-order valence-electron chi connectivity index (χ2n) is 6.25. The van der Waals surface area contributed by atoms with Gasteiger partial charge in [-0.2, -0.15) is 0 Å². The van der Waals surface area contributed by atoms with Crippen molar-refractivity contribution in [1.82, 2.24) is 0 Å². The van der Waals surface area contributed by atoms with E-state index in [4.69, 9.17) is 5.11 Å². The number of aliphatic hydroxyl groups excluding tert-OH is 2. The van der Waals surface area contributed by atoms with Crippen LogP contribution in [0, 0.1) is 0 Å². The van der Waals surface area contributed by atoms with E-state index in [-0.39, 0.29) is 12.2 Å². The van der Waals surface area contributed by atoms with Crippen molar-refractivity contribution < 1.29 is 20.1 Å². The summed E-state index contributed by atoms with van der Waals surface area (Å²) in [4.78, 5) is 10.2. The molecule has 0 aromatic carbocycles. The Morgan fingerprint density at radius 3 is 1.92 bits per heavy atom. The van der Waals surface area contributed by atoms with Gasteiger partial charge in [0.2, 0.25) is 0 Å². The third kappa shape index (κ3) is 18.4. The van der Waals surface area contributed by atoms with Crippen LogP contribution in [0.4, 0.5) is 0 Å². The van der Waals surface area contributed by atoms with Crippen LogP contribution in [0.1, 0.15) is 58.3 Å². The molecule has 4 nitrogen and oxygen atoms in total. The summed E-state index contributed by atoms with van der Waals surface area (Å²) in [5.74, 6) is -0.964. The van der Waals surface area contributed by atoms with Crippen molar-refractivity contribution in [3.05, 3.63) is 60.8 Å².